The number of benzene rings is 2. The summed E-state index contributed by atoms with van der Waals surface area (Å²) in [5.74, 6) is -2.65. The number of aromatic amines is 1. The van der Waals surface area contributed by atoms with Gasteiger partial charge in [0.2, 0.25) is 5.91 Å². The Balaban J connectivity index is 1.86. The molecule has 1 amide bonds. The van der Waals surface area contributed by atoms with Crippen molar-refractivity contribution >= 4 is 22.8 Å². The Morgan fingerprint density at radius 3 is 2.47 bits per heavy atom. The molecular weight excluding hydrogens is 397 g/mol. The van der Waals surface area contributed by atoms with Crippen LogP contribution in [0.2, 0.25) is 0 Å². The van der Waals surface area contributed by atoms with Crippen LogP contribution in [-0.4, -0.2) is 29.5 Å². The predicted molar refractivity (Wildman–Crippen MR) is 106 cm³/mol. The summed E-state index contributed by atoms with van der Waals surface area (Å²) in [6.45, 7) is 3.02. The van der Waals surface area contributed by atoms with Crippen molar-refractivity contribution in [1.82, 2.24) is 10.3 Å². The van der Waals surface area contributed by atoms with E-state index in [0.29, 0.717) is 22.2 Å². The maximum atomic E-state index is 14.3. The zero-order valence-electron chi connectivity index (χ0n) is 16.5. The van der Waals surface area contributed by atoms with Crippen molar-refractivity contribution in [3.05, 3.63) is 59.4 Å². The molecular formula is C22H21F3N2O3. The van der Waals surface area contributed by atoms with Gasteiger partial charge >= 0.3 is 5.97 Å². The number of ether oxygens (including phenoxy) is 1. The molecule has 0 aliphatic heterocycles. The third-order valence-electron chi connectivity index (χ3n) is 4.61. The molecule has 2 aromatic carbocycles. The molecule has 3 aromatic rings. The molecule has 8 heteroatoms. The molecule has 158 valence electrons. The molecule has 0 bridgehead atoms. The number of H-pyrrole nitrogens is 1. The van der Waals surface area contributed by atoms with E-state index in [4.69, 9.17) is 4.74 Å². The Labute approximate surface area is 171 Å². The maximum Gasteiger partial charge on any atom is 0.302 e. The highest BCUT2D eigenvalue weighted by atomic mass is 19.1. The SMILES string of the molecule is CC(=O)OCC(C)NC(=O)CCc1c(-c2ccc(F)cc2)[nH]c2c(F)cc(F)cc12. The molecule has 0 radical (unpaired) electrons. The number of rotatable bonds is 7. The molecule has 0 fully saturated rings. The number of hydrogen-bond acceptors (Lipinski definition) is 3. The molecule has 0 saturated carbocycles. The second kappa shape index (κ2) is 9.02. The summed E-state index contributed by atoms with van der Waals surface area (Å²) < 4.78 is 46.3. The van der Waals surface area contributed by atoms with E-state index in [1.807, 2.05) is 0 Å². The first-order chi connectivity index (χ1) is 14.2. The number of carbonyl (C=O) groups is 2. The fraction of sp³-hybridized carbons (Fsp3) is 0.273. The molecule has 0 aliphatic rings. The van der Waals surface area contributed by atoms with Crippen LogP contribution in [0.15, 0.2) is 36.4 Å². The monoisotopic (exact) mass is 418 g/mol. The van der Waals surface area contributed by atoms with Gasteiger partial charge in [0.15, 0.2) is 0 Å². The topological polar surface area (TPSA) is 71.2 Å². The van der Waals surface area contributed by atoms with Crippen LogP contribution >= 0.6 is 0 Å². The second-order valence-electron chi connectivity index (χ2n) is 7.07. The van der Waals surface area contributed by atoms with Crippen molar-refractivity contribution in [1.29, 1.82) is 0 Å². The number of nitrogens with one attached hydrogen (secondary N) is 2. The summed E-state index contributed by atoms with van der Waals surface area (Å²) in [4.78, 5) is 26.1. The van der Waals surface area contributed by atoms with E-state index in [-0.39, 0.29) is 36.9 Å². The van der Waals surface area contributed by atoms with Gasteiger partial charge in [-0.25, -0.2) is 13.2 Å². The van der Waals surface area contributed by atoms with Crippen LogP contribution in [0.25, 0.3) is 22.2 Å². The molecule has 1 atom stereocenters. The van der Waals surface area contributed by atoms with Gasteiger partial charge in [0.05, 0.1) is 11.6 Å². The molecule has 1 unspecified atom stereocenters. The Morgan fingerprint density at radius 1 is 1.10 bits per heavy atom. The van der Waals surface area contributed by atoms with Gasteiger partial charge in [-0.3, -0.25) is 9.59 Å². The Hall–Kier alpha value is -3.29. The Morgan fingerprint density at radius 2 is 1.80 bits per heavy atom. The minimum absolute atomic E-state index is 0.0453. The van der Waals surface area contributed by atoms with E-state index in [1.54, 1.807) is 6.92 Å². The minimum atomic E-state index is -0.751. The summed E-state index contributed by atoms with van der Waals surface area (Å²) >= 11 is 0. The van der Waals surface area contributed by atoms with E-state index < -0.39 is 23.4 Å². The number of fused-ring (bicyclic) bond motifs is 1. The largest absolute Gasteiger partial charge is 0.464 e. The van der Waals surface area contributed by atoms with Gasteiger partial charge in [-0.05, 0) is 54.8 Å². The van der Waals surface area contributed by atoms with Crippen molar-refractivity contribution in [3.8, 4) is 11.3 Å². The zero-order valence-corrected chi connectivity index (χ0v) is 16.5. The number of aromatic nitrogens is 1. The van der Waals surface area contributed by atoms with Crippen LogP contribution < -0.4 is 5.32 Å². The number of carbonyl (C=O) groups excluding carboxylic acids is 2. The maximum absolute atomic E-state index is 14.3. The summed E-state index contributed by atoms with van der Waals surface area (Å²) in [6.07, 6.45) is 0.241. The molecule has 0 saturated heterocycles. The molecule has 1 aromatic heterocycles. The van der Waals surface area contributed by atoms with Gasteiger partial charge in [0, 0.05) is 30.5 Å². The van der Waals surface area contributed by atoms with Crippen LogP contribution in [-0.2, 0) is 20.7 Å². The lowest BCUT2D eigenvalue weighted by Gasteiger charge is -2.13. The van der Waals surface area contributed by atoms with Gasteiger partial charge in [-0.2, -0.15) is 0 Å². The van der Waals surface area contributed by atoms with Crippen molar-refractivity contribution in [2.24, 2.45) is 0 Å². The van der Waals surface area contributed by atoms with Crippen molar-refractivity contribution in [2.75, 3.05) is 6.61 Å². The molecule has 3 rings (SSSR count). The summed E-state index contributed by atoms with van der Waals surface area (Å²) in [5.41, 5.74) is 1.76. The number of halogens is 3. The predicted octanol–water partition coefficient (Wildman–Crippen LogP) is 4.25. The van der Waals surface area contributed by atoms with E-state index in [0.717, 1.165) is 6.07 Å². The van der Waals surface area contributed by atoms with Crippen LogP contribution in [0.5, 0.6) is 0 Å². The fourth-order valence-corrected chi connectivity index (χ4v) is 3.27. The molecule has 2 N–H and O–H groups in total. The lowest BCUT2D eigenvalue weighted by atomic mass is 10.0. The first-order valence-electron chi connectivity index (χ1n) is 9.43. The lowest BCUT2D eigenvalue weighted by Crippen LogP contribution is -2.36. The van der Waals surface area contributed by atoms with E-state index in [2.05, 4.69) is 10.3 Å². The highest BCUT2D eigenvalue weighted by Crippen LogP contribution is 2.33. The molecule has 1 heterocycles. The summed E-state index contributed by atoms with van der Waals surface area (Å²) in [6, 6.07) is 7.20. The van der Waals surface area contributed by atoms with E-state index >= 15 is 0 Å². The highest BCUT2D eigenvalue weighted by Gasteiger charge is 2.18. The average molecular weight is 418 g/mol. The van der Waals surface area contributed by atoms with Crippen LogP contribution in [0.3, 0.4) is 0 Å². The van der Waals surface area contributed by atoms with Crippen LogP contribution in [0.4, 0.5) is 13.2 Å². The number of amides is 1. The minimum Gasteiger partial charge on any atom is -0.464 e. The van der Waals surface area contributed by atoms with Crippen molar-refractivity contribution in [3.63, 3.8) is 0 Å². The Bertz CT molecular complexity index is 1080. The van der Waals surface area contributed by atoms with Gasteiger partial charge < -0.3 is 15.0 Å². The number of aryl methyl sites for hydroxylation is 1. The number of esters is 1. The van der Waals surface area contributed by atoms with Gasteiger partial charge in [-0.1, -0.05) is 0 Å². The first-order valence-corrected chi connectivity index (χ1v) is 9.43. The second-order valence-corrected chi connectivity index (χ2v) is 7.07. The highest BCUT2D eigenvalue weighted by molar-refractivity contribution is 5.92. The van der Waals surface area contributed by atoms with E-state index in [9.17, 15) is 22.8 Å². The van der Waals surface area contributed by atoms with Crippen molar-refractivity contribution in [2.45, 2.75) is 32.7 Å². The van der Waals surface area contributed by atoms with E-state index in [1.165, 1.54) is 37.3 Å². The third-order valence-corrected chi connectivity index (χ3v) is 4.61. The Kier molecular flexibility index (Phi) is 6.44. The van der Waals surface area contributed by atoms with Gasteiger partial charge in [-0.15, -0.1) is 0 Å². The van der Waals surface area contributed by atoms with Crippen LogP contribution in [0.1, 0.15) is 25.8 Å². The lowest BCUT2D eigenvalue weighted by molar-refractivity contribution is -0.142. The van der Waals surface area contributed by atoms with Crippen molar-refractivity contribution < 1.29 is 27.5 Å². The van der Waals surface area contributed by atoms with Gasteiger partial charge in [0.25, 0.3) is 0 Å². The normalized spacial score (nSPS) is 12.0. The average Bonchev–Trinajstić information content (AvgIpc) is 3.04. The standard InChI is InChI=1S/C22H21F3N2O3/c1-12(11-30-13(2)28)26-20(29)8-7-17-18-9-16(24)10-19(25)22(18)27-21(17)14-3-5-15(23)6-4-14/h3-6,9-10,12,27H,7-8,11H2,1-2H3,(H,26,29). The molecule has 30 heavy (non-hydrogen) atoms. The summed E-state index contributed by atoms with van der Waals surface area (Å²) in [7, 11) is 0. The van der Waals surface area contributed by atoms with Crippen LogP contribution in [0, 0.1) is 17.5 Å². The van der Waals surface area contributed by atoms with Gasteiger partial charge in [0.1, 0.15) is 24.1 Å². The smallest absolute Gasteiger partial charge is 0.302 e. The summed E-state index contributed by atoms with van der Waals surface area (Å²) in [5, 5.41) is 3.04. The quantitative estimate of drug-likeness (QED) is 0.564. The fourth-order valence-electron chi connectivity index (χ4n) is 3.27. The first kappa shape index (κ1) is 21.4. The molecule has 0 aliphatic carbocycles. The number of hydrogen-bond donors (Lipinski definition) is 2. The molecule has 5 nitrogen and oxygen atoms in total. The molecule has 0 spiro atoms. The third kappa shape index (κ3) is 5.00. The zero-order chi connectivity index (χ0) is 21.8.